The van der Waals surface area contributed by atoms with Crippen LogP contribution in [0, 0.1) is 12.3 Å². The van der Waals surface area contributed by atoms with Crippen LogP contribution in [-0.2, 0) is 17.5 Å². The molecule has 1 aliphatic rings. The van der Waals surface area contributed by atoms with E-state index in [9.17, 15) is 22.8 Å². The number of Topliss-reactive ketones (excluding diaryl/α,β-unsaturated/α-hetero) is 1. The number of nitrogens with one attached hydrogen (secondary N) is 3. The zero-order valence-corrected chi connectivity index (χ0v) is 19.7. The topological polar surface area (TPSA) is 109 Å². The highest BCUT2D eigenvalue weighted by atomic mass is 19.4. The number of aromatic nitrogens is 3. The van der Waals surface area contributed by atoms with Gasteiger partial charge in [0.15, 0.2) is 5.78 Å². The van der Waals surface area contributed by atoms with E-state index in [4.69, 9.17) is 0 Å². The van der Waals surface area contributed by atoms with Crippen LogP contribution in [0.5, 0.6) is 0 Å². The van der Waals surface area contributed by atoms with Crippen molar-refractivity contribution in [1.82, 2.24) is 20.5 Å². The first-order valence-electron chi connectivity index (χ1n) is 11.3. The van der Waals surface area contributed by atoms with E-state index in [-0.39, 0.29) is 30.3 Å². The molecule has 0 atom stereocenters. The monoisotopic (exact) mass is 498 g/mol. The Labute approximate surface area is 205 Å². The zero-order valence-electron chi connectivity index (χ0n) is 19.7. The van der Waals surface area contributed by atoms with Crippen molar-refractivity contribution in [3.63, 3.8) is 0 Å². The van der Waals surface area contributed by atoms with Crippen molar-refractivity contribution in [2.45, 2.75) is 38.9 Å². The molecular weight excluding hydrogens is 473 g/mol. The second kappa shape index (κ2) is 9.92. The van der Waals surface area contributed by atoms with Crippen LogP contribution < -0.4 is 16.0 Å². The second-order valence-electron chi connectivity index (χ2n) is 8.85. The number of amides is 1. The van der Waals surface area contributed by atoms with Crippen LogP contribution in [0.25, 0.3) is 0 Å². The first-order chi connectivity index (χ1) is 17.1. The Hall–Kier alpha value is -4.02. The van der Waals surface area contributed by atoms with Gasteiger partial charge in [0, 0.05) is 19.0 Å². The number of hydrogen-bond acceptors (Lipinski definition) is 7. The smallest absolute Gasteiger partial charge is 0.372 e. The number of anilines is 3. The van der Waals surface area contributed by atoms with Gasteiger partial charge in [-0.2, -0.15) is 18.3 Å². The minimum atomic E-state index is -4.49. The van der Waals surface area contributed by atoms with E-state index in [0.29, 0.717) is 41.2 Å². The fourth-order valence-electron chi connectivity index (χ4n) is 3.80. The summed E-state index contributed by atoms with van der Waals surface area (Å²) in [5, 5.41) is 16.0. The third-order valence-corrected chi connectivity index (χ3v) is 6.08. The van der Waals surface area contributed by atoms with E-state index in [1.54, 1.807) is 38.2 Å². The molecule has 188 valence electrons. The number of nitrogens with zero attached hydrogens (tertiary/aromatic N) is 3. The molecule has 1 aliphatic carbocycles. The van der Waals surface area contributed by atoms with Gasteiger partial charge in [0.25, 0.3) is 0 Å². The number of hydrogen-bond donors (Lipinski definition) is 3. The predicted molar refractivity (Wildman–Crippen MR) is 128 cm³/mol. The van der Waals surface area contributed by atoms with E-state index in [1.165, 1.54) is 18.5 Å². The summed E-state index contributed by atoms with van der Waals surface area (Å²) >= 11 is 0. The molecule has 1 fully saturated rings. The molecule has 0 spiro atoms. The van der Waals surface area contributed by atoms with Crippen molar-refractivity contribution >= 4 is 28.9 Å². The molecule has 4 rings (SSSR count). The Balaban J connectivity index is 1.35. The molecule has 0 bridgehead atoms. The van der Waals surface area contributed by atoms with Crippen molar-refractivity contribution in [2.75, 3.05) is 17.7 Å². The summed E-state index contributed by atoms with van der Waals surface area (Å²) in [6.07, 6.45) is -0.414. The number of ketones is 1. The average molecular weight is 499 g/mol. The first-order valence-corrected chi connectivity index (χ1v) is 11.3. The van der Waals surface area contributed by atoms with Crippen LogP contribution in [0.3, 0.4) is 0 Å². The number of benzene rings is 1. The molecule has 3 N–H and O–H groups in total. The van der Waals surface area contributed by atoms with Gasteiger partial charge < -0.3 is 16.0 Å². The standard InChI is InChI=1S/C25H25F3N6O2/c1-15-3-6-20(19(9-15)25(26,27)28)33-18-5-4-17(30-14-18)13-31-23(36)24(7-8-24)11-21(35)16-10-22(29-2)34-32-12-16/h3-6,9-10,12,14,33H,7-8,11,13H2,1-2H3,(H,29,34)(H,31,36). The van der Waals surface area contributed by atoms with Gasteiger partial charge in [-0.1, -0.05) is 11.6 Å². The van der Waals surface area contributed by atoms with Crippen LogP contribution in [0.2, 0.25) is 0 Å². The van der Waals surface area contributed by atoms with Crippen LogP contribution in [0.1, 0.15) is 46.4 Å². The summed E-state index contributed by atoms with van der Waals surface area (Å²) in [7, 11) is 1.67. The lowest BCUT2D eigenvalue weighted by molar-refractivity contribution is -0.137. The van der Waals surface area contributed by atoms with Gasteiger partial charge in [-0.3, -0.25) is 14.6 Å². The molecule has 2 aromatic heterocycles. The molecule has 1 amide bonds. The minimum Gasteiger partial charge on any atom is -0.372 e. The maximum Gasteiger partial charge on any atom is 0.418 e. The number of rotatable bonds is 9. The fourth-order valence-corrected chi connectivity index (χ4v) is 3.80. The molecule has 1 saturated carbocycles. The number of pyridine rings is 1. The number of aryl methyl sites for hydroxylation is 1. The van der Waals surface area contributed by atoms with Crippen molar-refractivity contribution in [3.05, 3.63) is 71.2 Å². The summed E-state index contributed by atoms with van der Waals surface area (Å²) in [5.74, 6) is 0.0540. The summed E-state index contributed by atoms with van der Waals surface area (Å²) in [5.41, 5.74) is 0.243. The number of alkyl halides is 3. The maximum absolute atomic E-state index is 13.4. The molecule has 0 unspecified atom stereocenters. The molecule has 1 aromatic carbocycles. The van der Waals surface area contributed by atoms with Crippen molar-refractivity contribution < 1.29 is 22.8 Å². The normalized spacial score (nSPS) is 14.1. The largest absolute Gasteiger partial charge is 0.418 e. The lowest BCUT2D eigenvalue weighted by atomic mass is 9.95. The van der Waals surface area contributed by atoms with Gasteiger partial charge in [0.1, 0.15) is 5.82 Å². The van der Waals surface area contributed by atoms with E-state index in [1.807, 2.05) is 0 Å². The molecule has 0 saturated heterocycles. The highest BCUT2D eigenvalue weighted by molar-refractivity contribution is 6.00. The quantitative estimate of drug-likeness (QED) is 0.369. The van der Waals surface area contributed by atoms with E-state index < -0.39 is 17.2 Å². The van der Waals surface area contributed by atoms with Gasteiger partial charge in [-0.25, -0.2) is 0 Å². The van der Waals surface area contributed by atoms with Crippen LogP contribution in [-0.4, -0.2) is 33.9 Å². The highest BCUT2D eigenvalue weighted by Crippen LogP contribution is 2.49. The fraction of sp³-hybridized carbons (Fsp3) is 0.320. The van der Waals surface area contributed by atoms with Crippen molar-refractivity contribution in [1.29, 1.82) is 0 Å². The van der Waals surface area contributed by atoms with Gasteiger partial charge in [0.2, 0.25) is 5.91 Å². The number of carbonyl (C=O) groups excluding carboxylic acids is 2. The van der Waals surface area contributed by atoms with Crippen LogP contribution in [0.4, 0.5) is 30.4 Å². The molecular formula is C25H25F3N6O2. The SMILES string of the molecule is CNc1cc(C(=O)CC2(C(=O)NCc3ccc(Nc4ccc(C)cc4C(F)(F)F)cn3)CC2)cnn1. The summed E-state index contributed by atoms with van der Waals surface area (Å²) in [6.45, 7) is 1.73. The lowest BCUT2D eigenvalue weighted by Gasteiger charge is -2.16. The highest BCUT2D eigenvalue weighted by Gasteiger charge is 2.51. The summed E-state index contributed by atoms with van der Waals surface area (Å²) < 4.78 is 40.1. The van der Waals surface area contributed by atoms with Crippen LogP contribution in [0.15, 0.2) is 48.8 Å². The lowest BCUT2D eigenvalue weighted by Crippen LogP contribution is -2.33. The Morgan fingerprint density at radius 1 is 1.08 bits per heavy atom. The zero-order chi connectivity index (χ0) is 25.9. The third-order valence-electron chi connectivity index (χ3n) is 6.08. The minimum absolute atomic E-state index is 0.0671. The van der Waals surface area contributed by atoms with E-state index in [0.717, 1.165) is 6.07 Å². The molecule has 8 nitrogen and oxygen atoms in total. The molecule has 0 aliphatic heterocycles. The van der Waals surface area contributed by atoms with Crippen LogP contribution >= 0.6 is 0 Å². The summed E-state index contributed by atoms with van der Waals surface area (Å²) in [4.78, 5) is 29.7. The Kier molecular flexibility index (Phi) is 6.91. The van der Waals surface area contributed by atoms with Crippen molar-refractivity contribution in [2.24, 2.45) is 5.41 Å². The van der Waals surface area contributed by atoms with E-state index >= 15 is 0 Å². The van der Waals surface area contributed by atoms with Crippen molar-refractivity contribution in [3.8, 4) is 0 Å². The maximum atomic E-state index is 13.4. The molecule has 3 aromatic rings. The molecule has 11 heteroatoms. The third kappa shape index (κ3) is 5.78. The Morgan fingerprint density at radius 2 is 1.86 bits per heavy atom. The van der Waals surface area contributed by atoms with Gasteiger partial charge in [-0.15, -0.1) is 5.10 Å². The number of carbonyl (C=O) groups is 2. The predicted octanol–water partition coefficient (Wildman–Crippen LogP) is 4.65. The van der Waals surface area contributed by atoms with E-state index in [2.05, 4.69) is 31.1 Å². The van der Waals surface area contributed by atoms with Gasteiger partial charge >= 0.3 is 6.18 Å². The molecule has 0 radical (unpaired) electrons. The average Bonchev–Trinajstić information content (AvgIpc) is 3.64. The summed E-state index contributed by atoms with van der Waals surface area (Å²) in [6, 6.07) is 8.87. The van der Waals surface area contributed by atoms with Gasteiger partial charge in [0.05, 0.1) is 47.0 Å². The first kappa shape index (κ1) is 25.1. The molecule has 2 heterocycles. The number of halogens is 3. The Bertz CT molecular complexity index is 1270. The second-order valence-corrected chi connectivity index (χ2v) is 8.85. The Morgan fingerprint density at radius 3 is 2.50 bits per heavy atom. The molecule has 36 heavy (non-hydrogen) atoms. The van der Waals surface area contributed by atoms with Gasteiger partial charge in [-0.05, 0) is 50.1 Å².